The third-order valence-electron chi connectivity index (χ3n) is 2.46. The van der Waals surface area contributed by atoms with Crippen molar-refractivity contribution in [2.24, 2.45) is 0 Å². The second kappa shape index (κ2) is 5.79. The fourth-order valence-corrected chi connectivity index (χ4v) is 1.58. The van der Waals surface area contributed by atoms with E-state index in [0.717, 1.165) is 5.56 Å². The summed E-state index contributed by atoms with van der Waals surface area (Å²) in [7, 11) is 0. The lowest BCUT2D eigenvalue weighted by molar-refractivity contribution is 0.0698. The summed E-state index contributed by atoms with van der Waals surface area (Å²) < 4.78 is 0. The Morgan fingerprint density at radius 2 is 2.00 bits per heavy atom. The largest absolute Gasteiger partial charge is 0.478 e. The van der Waals surface area contributed by atoms with Crippen molar-refractivity contribution in [3.8, 4) is 0 Å². The first-order chi connectivity index (χ1) is 9.56. The highest BCUT2D eigenvalue weighted by molar-refractivity contribution is 6.04. The topological polar surface area (TPSA) is 104 Å². The molecule has 3 N–H and O–H groups in total. The molecule has 0 bridgehead atoms. The van der Waals surface area contributed by atoms with Gasteiger partial charge >= 0.3 is 12.0 Å². The smallest absolute Gasteiger partial charge is 0.337 e. The van der Waals surface area contributed by atoms with Crippen LogP contribution in [0.25, 0.3) is 0 Å². The number of hydrogen-bond donors (Lipinski definition) is 3. The van der Waals surface area contributed by atoms with Gasteiger partial charge in [-0.3, -0.25) is 10.3 Å². The van der Waals surface area contributed by atoms with E-state index in [0.29, 0.717) is 0 Å². The number of benzene rings is 1. The SMILES string of the molecule is Cc1ccc(NC(=O)Nc2cnccn2)c(C(=O)O)c1. The molecule has 102 valence electrons. The molecule has 0 fully saturated rings. The van der Waals surface area contributed by atoms with E-state index < -0.39 is 12.0 Å². The summed E-state index contributed by atoms with van der Waals surface area (Å²) in [5.74, 6) is -0.836. The summed E-state index contributed by atoms with van der Waals surface area (Å²) in [4.78, 5) is 30.6. The Labute approximate surface area is 114 Å². The number of amides is 2. The second-order valence-electron chi connectivity index (χ2n) is 4.02. The average molecular weight is 272 g/mol. The van der Waals surface area contributed by atoms with Crippen LogP contribution in [0.15, 0.2) is 36.8 Å². The molecule has 0 aliphatic heterocycles. The van der Waals surface area contributed by atoms with Gasteiger partial charge in [0.25, 0.3) is 0 Å². The number of carboxylic acid groups (broad SMARTS) is 1. The Balaban J connectivity index is 2.14. The van der Waals surface area contributed by atoms with Gasteiger partial charge in [-0.25, -0.2) is 14.6 Å². The molecule has 2 rings (SSSR count). The van der Waals surface area contributed by atoms with Crippen LogP contribution in [0, 0.1) is 6.92 Å². The normalized spacial score (nSPS) is 9.85. The molecule has 2 aromatic rings. The summed E-state index contributed by atoms with van der Waals surface area (Å²) in [6.07, 6.45) is 4.29. The number of urea groups is 1. The molecule has 0 unspecified atom stereocenters. The number of rotatable bonds is 3. The molecule has 0 aliphatic carbocycles. The van der Waals surface area contributed by atoms with Crippen molar-refractivity contribution in [3.05, 3.63) is 47.9 Å². The van der Waals surface area contributed by atoms with Crippen molar-refractivity contribution in [1.29, 1.82) is 0 Å². The lowest BCUT2D eigenvalue weighted by Gasteiger charge is -2.09. The molecular formula is C13H12N4O3. The number of hydrogen-bond acceptors (Lipinski definition) is 4. The van der Waals surface area contributed by atoms with Crippen LogP contribution in [0.5, 0.6) is 0 Å². The summed E-state index contributed by atoms with van der Waals surface area (Å²) in [6.45, 7) is 1.77. The van der Waals surface area contributed by atoms with Gasteiger partial charge in [-0.2, -0.15) is 0 Å². The second-order valence-corrected chi connectivity index (χ2v) is 4.02. The van der Waals surface area contributed by atoms with Crippen LogP contribution in [0.4, 0.5) is 16.3 Å². The number of aryl methyl sites for hydroxylation is 1. The van der Waals surface area contributed by atoms with Crippen molar-refractivity contribution < 1.29 is 14.7 Å². The van der Waals surface area contributed by atoms with E-state index in [1.54, 1.807) is 13.0 Å². The van der Waals surface area contributed by atoms with E-state index in [-0.39, 0.29) is 17.1 Å². The summed E-state index contributed by atoms with van der Waals surface area (Å²) >= 11 is 0. The van der Waals surface area contributed by atoms with Gasteiger partial charge in [0.15, 0.2) is 5.82 Å². The van der Waals surface area contributed by atoms with Crippen molar-refractivity contribution in [1.82, 2.24) is 9.97 Å². The van der Waals surface area contributed by atoms with Gasteiger partial charge in [0.05, 0.1) is 17.4 Å². The standard InChI is InChI=1S/C13H12N4O3/c1-8-2-3-10(9(6-8)12(18)19)16-13(20)17-11-7-14-4-5-15-11/h2-7H,1H3,(H,18,19)(H2,15,16,17,20). The highest BCUT2D eigenvalue weighted by Crippen LogP contribution is 2.17. The number of nitrogens with zero attached hydrogens (tertiary/aromatic N) is 2. The van der Waals surface area contributed by atoms with Gasteiger partial charge in [0.2, 0.25) is 0 Å². The molecule has 0 aliphatic rings. The quantitative estimate of drug-likeness (QED) is 0.793. The van der Waals surface area contributed by atoms with Gasteiger partial charge in [-0.1, -0.05) is 11.6 Å². The molecule has 0 spiro atoms. The number of nitrogens with one attached hydrogen (secondary N) is 2. The number of anilines is 2. The average Bonchev–Trinajstić information content (AvgIpc) is 2.41. The molecule has 20 heavy (non-hydrogen) atoms. The van der Waals surface area contributed by atoms with Crippen molar-refractivity contribution in [2.75, 3.05) is 10.6 Å². The van der Waals surface area contributed by atoms with Crippen LogP contribution >= 0.6 is 0 Å². The molecular weight excluding hydrogens is 260 g/mol. The first-order valence-electron chi connectivity index (χ1n) is 5.74. The van der Waals surface area contributed by atoms with Crippen LogP contribution in [0.3, 0.4) is 0 Å². The summed E-state index contributed by atoms with van der Waals surface area (Å²) in [5, 5.41) is 14.0. The number of aromatic carboxylic acids is 1. The molecule has 7 nitrogen and oxygen atoms in total. The van der Waals surface area contributed by atoms with Crippen LogP contribution in [-0.4, -0.2) is 27.1 Å². The van der Waals surface area contributed by atoms with Gasteiger partial charge in [-0.05, 0) is 19.1 Å². The van der Waals surface area contributed by atoms with Crippen LogP contribution in [-0.2, 0) is 0 Å². The summed E-state index contributed by atoms with van der Waals surface area (Å²) in [5.41, 5.74) is 1.03. The Kier molecular flexibility index (Phi) is 3.90. The lowest BCUT2D eigenvalue weighted by Crippen LogP contribution is -2.21. The zero-order valence-corrected chi connectivity index (χ0v) is 10.6. The van der Waals surface area contributed by atoms with Gasteiger partial charge in [0, 0.05) is 12.4 Å². The third-order valence-corrected chi connectivity index (χ3v) is 2.46. The predicted molar refractivity (Wildman–Crippen MR) is 72.8 cm³/mol. The minimum atomic E-state index is -1.11. The van der Waals surface area contributed by atoms with E-state index in [9.17, 15) is 9.59 Å². The van der Waals surface area contributed by atoms with E-state index in [1.165, 1.54) is 30.7 Å². The van der Waals surface area contributed by atoms with Crippen molar-refractivity contribution >= 4 is 23.5 Å². The molecule has 2 amide bonds. The minimum Gasteiger partial charge on any atom is -0.478 e. The highest BCUT2D eigenvalue weighted by atomic mass is 16.4. The van der Waals surface area contributed by atoms with E-state index >= 15 is 0 Å². The molecule has 0 atom stereocenters. The monoisotopic (exact) mass is 272 g/mol. The molecule has 0 saturated carbocycles. The summed E-state index contributed by atoms with van der Waals surface area (Å²) in [6, 6.07) is 4.15. The van der Waals surface area contributed by atoms with Crippen LogP contribution < -0.4 is 10.6 Å². The number of aromatic nitrogens is 2. The minimum absolute atomic E-state index is 0.0271. The number of carboxylic acids is 1. The van der Waals surface area contributed by atoms with E-state index in [1.807, 2.05) is 0 Å². The zero-order valence-electron chi connectivity index (χ0n) is 10.6. The van der Waals surface area contributed by atoms with Gasteiger partial charge in [0.1, 0.15) is 0 Å². The maximum absolute atomic E-state index is 11.8. The molecule has 1 heterocycles. The molecule has 0 saturated heterocycles. The first-order valence-corrected chi connectivity index (χ1v) is 5.74. The molecule has 1 aromatic heterocycles. The Morgan fingerprint density at radius 1 is 1.20 bits per heavy atom. The van der Waals surface area contributed by atoms with E-state index in [4.69, 9.17) is 5.11 Å². The Bertz CT molecular complexity index is 643. The Morgan fingerprint density at radius 3 is 2.65 bits per heavy atom. The molecule has 7 heteroatoms. The number of carbonyl (C=O) groups is 2. The molecule has 1 aromatic carbocycles. The fraction of sp³-hybridized carbons (Fsp3) is 0.0769. The van der Waals surface area contributed by atoms with Crippen molar-refractivity contribution in [3.63, 3.8) is 0 Å². The number of carbonyl (C=O) groups excluding carboxylic acids is 1. The van der Waals surface area contributed by atoms with Gasteiger partial charge in [-0.15, -0.1) is 0 Å². The van der Waals surface area contributed by atoms with Crippen molar-refractivity contribution in [2.45, 2.75) is 6.92 Å². The van der Waals surface area contributed by atoms with E-state index in [2.05, 4.69) is 20.6 Å². The lowest BCUT2D eigenvalue weighted by atomic mass is 10.1. The third kappa shape index (κ3) is 3.29. The zero-order chi connectivity index (χ0) is 14.5. The highest BCUT2D eigenvalue weighted by Gasteiger charge is 2.12. The fourth-order valence-electron chi connectivity index (χ4n) is 1.58. The molecule has 0 radical (unpaired) electrons. The Hall–Kier alpha value is -2.96. The van der Waals surface area contributed by atoms with Crippen LogP contribution in [0.1, 0.15) is 15.9 Å². The van der Waals surface area contributed by atoms with Crippen LogP contribution in [0.2, 0.25) is 0 Å². The maximum atomic E-state index is 11.8. The first kappa shape index (κ1) is 13.5. The predicted octanol–water partition coefficient (Wildman–Crippen LogP) is 2.13. The maximum Gasteiger partial charge on any atom is 0.337 e. The van der Waals surface area contributed by atoms with Gasteiger partial charge < -0.3 is 10.4 Å².